The van der Waals surface area contributed by atoms with Crippen LogP contribution in [0.1, 0.15) is 18.1 Å². The molecule has 0 fully saturated rings. The van der Waals surface area contributed by atoms with Crippen molar-refractivity contribution in [3.05, 3.63) is 23.3 Å². The van der Waals surface area contributed by atoms with E-state index in [1.54, 1.807) is 14.0 Å². The van der Waals surface area contributed by atoms with Crippen molar-refractivity contribution in [3.8, 4) is 5.75 Å². The number of halogens is 1. The van der Waals surface area contributed by atoms with Crippen LogP contribution in [0.15, 0.2) is 12.1 Å². The van der Waals surface area contributed by atoms with Gasteiger partial charge in [0.2, 0.25) is 5.91 Å². The molecular formula is C12H16BrNO2. The summed E-state index contributed by atoms with van der Waals surface area (Å²) in [6.45, 7) is 5.70. The maximum atomic E-state index is 11.6. The summed E-state index contributed by atoms with van der Waals surface area (Å²) in [5.41, 5.74) is 2.80. The first-order valence-corrected chi connectivity index (χ1v) is 5.98. The Kier molecular flexibility index (Phi) is 4.35. The van der Waals surface area contributed by atoms with E-state index >= 15 is 0 Å². The third kappa shape index (κ3) is 2.76. The van der Waals surface area contributed by atoms with Gasteiger partial charge in [-0.05, 0) is 32.4 Å². The van der Waals surface area contributed by atoms with Crippen molar-refractivity contribution in [2.24, 2.45) is 0 Å². The number of nitrogens with one attached hydrogen (secondary N) is 1. The molecule has 0 aliphatic heterocycles. The fourth-order valence-electron chi connectivity index (χ4n) is 1.51. The summed E-state index contributed by atoms with van der Waals surface area (Å²) in [4.78, 5) is 11.3. The van der Waals surface area contributed by atoms with E-state index in [0.717, 1.165) is 22.6 Å². The Balaban J connectivity index is 3.03. The monoisotopic (exact) mass is 285 g/mol. The van der Waals surface area contributed by atoms with Gasteiger partial charge < -0.3 is 10.1 Å². The van der Waals surface area contributed by atoms with Gasteiger partial charge in [-0.1, -0.05) is 22.0 Å². The van der Waals surface area contributed by atoms with Gasteiger partial charge in [-0.25, -0.2) is 0 Å². The summed E-state index contributed by atoms with van der Waals surface area (Å²) in [5.74, 6) is 0.758. The molecule has 1 rings (SSSR count). The lowest BCUT2D eigenvalue weighted by Crippen LogP contribution is -2.20. The number of anilines is 1. The maximum Gasteiger partial charge on any atom is 0.237 e. The van der Waals surface area contributed by atoms with Crippen molar-refractivity contribution in [1.82, 2.24) is 0 Å². The molecule has 0 aromatic heterocycles. The van der Waals surface area contributed by atoms with Crippen LogP contribution in [0.2, 0.25) is 0 Å². The highest BCUT2D eigenvalue weighted by molar-refractivity contribution is 9.10. The van der Waals surface area contributed by atoms with Crippen molar-refractivity contribution in [1.29, 1.82) is 0 Å². The number of carbonyl (C=O) groups excluding carboxylic acids is 1. The molecule has 1 atom stereocenters. The van der Waals surface area contributed by atoms with Crippen molar-refractivity contribution < 1.29 is 9.53 Å². The molecule has 0 aliphatic rings. The van der Waals surface area contributed by atoms with Crippen molar-refractivity contribution in [3.63, 3.8) is 0 Å². The normalized spacial score (nSPS) is 12.1. The fourth-order valence-corrected chi connectivity index (χ4v) is 1.62. The molecule has 0 bridgehead atoms. The standard InChI is InChI=1S/C12H16BrNO2/c1-7-5-6-10(8(2)11(7)16-4)14-12(15)9(3)13/h5-6,9H,1-4H3,(H,14,15). The summed E-state index contributed by atoms with van der Waals surface area (Å²) in [5, 5.41) is 2.85. The molecular weight excluding hydrogens is 270 g/mol. The van der Waals surface area contributed by atoms with E-state index in [0.29, 0.717) is 0 Å². The number of methoxy groups -OCH3 is 1. The van der Waals surface area contributed by atoms with E-state index in [2.05, 4.69) is 21.2 Å². The number of ether oxygens (including phenoxy) is 1. The predicted octanol–water partition coefficient (Wildman–Crippen LogP) is 3.03. The molecule has 4 heteroatoms. The zero-order chi connectivity index (χ0) is 12.3. The summed E-state index contributed by atoms with van der Waals surface area (Å²) in [6.07, 6.45) is 0. The second kappa shape index (κ2) is 5.34. The van der Waals surface area contributed by atoms with Crippen LogP contribution in [0.3, 0.4) is 0 Å². The molecule has 0 spiro atoms. The highest BCUT2D eigenvalue weighted by Crippen LogP contribution is 2.29. The Morgan fingerprint density at radius 2 is 2.06 bits per heavy atom. The smallest absolute Gasteiger partial charge is 0.237 e. The van der Waals surface area contributed by atoms with Gasteiger partial charge in [0.15, 0.2) is 0 Å². The van der Waals surface area contributed by atoms with Gasteiger partial charge in [-0.15, -0.1) is 0 Å². The molecule has 1 unspecified atom stereocenters. The van der Waals surface area contributed by atoms with Crippen LogP contribution in [0.4, 0.5) is 5.69 Å². The van der Waals surface area contributed by atoms with Crippen LogP contribution in [0.5, 0.6) is 5.75 Å². The second-order valence-electron chi connectivity index (χ2n) is 3.69. The highest BCUT2D eigenvalue weighted by atomic mass is 79.9. The Bertz CT molecular complexity index is 402. The molecule has 0 saturated carbocycles. The van der Waals surface area contributed by atoms with Crippen molar-refractivity contribution in [2.75, 3.05) is 12.4 Å². The van der Waals surface area contributed by atoms with Gasteiger partial charge in [0.05, 0.1) is 11.9 Å². The summed E-state index contributed by atoms with van der Waals surface area (Å²) < 4.78 is 5.30. The molecule has 0 heterocycles. The molecule has 1 aromatic rings. The maximum absolute atomic E-state index is 11.6. The van der Waals surface area contributed by atoms with Gasteiger partial charge in [0.1, 0.15) is 5.75 Å². The molecule has 88 valence electrons. The minimum absolute atomic E-state index is 0.0611. The summed E-state index contributed by atoms with van der Waals surface area (Å²) in [6, 6.07) is 3.82. The Morgan fingerprint density at radius 3 is 2.56 bits per heavy atom. The van der Waals surface area contributed by atoms with E-state index in [1.807, 2.05) is 26.0 Å². The lowest BCUT2D eigenvalue weighted by molar-refractivity contribution is -0.115. The molecule has 1 N–H and O–H groups in total. The Hall–Kier alpha value is -1.03. The number of amides is 1. The minimum Gasteiger partial charge on any atom is -0.496 e. The van der Waals surface area contributed by atoms with Crippen LogP contribution in [0, 0.1) is 13.8 Å². The summed E-state index contributed by atoms with van der Waals surface area (Å²) >= 11 is 3.23. The Morgan fingerprint density at radius 1 is 1.44 bits per heavy atom. The predicted molar refractivity (Wildman–Crippen MR) is 69.5 cm³/mol. The first-order chi connectivity index (χ1) is 7.47. The second-order valence-corrected chi connectivity index (χ2v) is 5.07. The number of hydrogen-bond donors (Lipinski definition) is 1. The van der Waals surface area contributed by atoms with E-state index in [-0.39, 0.29) is 10.7 Å². The van der Waals surface area contributed by atoms with E-state index < -0.39 is 0 Å². The van der Waals surface area contributed by atoms with Crippen LogP contribution >= 0.6 is 15.9 Å². The zero-order valence-corrected chi connectivity index (χ0v) is 11.5. The SMILES string of the molecule is COc1c(C)ccc(NC(=O)C(C)Br)c1C. The number of carbonyl (C=O) groups is 1. The van der Waals surface area contributed by atoms with Gasteiger partial charge in [0, 0.05) is 11.3 Å². The van der Waals surface area contributed by atoms with Crippen LogP contribution in [-0.2, 0) is 4.79 Å². The highest BCUT2D eigenvalue weighted by Gasteiger charge is 2.13. The lowest BCUT2D eigenvalue weighted by atomic mass is 10.1. The zero-order valence-electron chi connectivity index (χ0n) is 9.93. The topological polar surface area (TPSA) is 38.3 Å². The third-order valence-corrected chi connectivity index (χ3v) is 2.84. The molecule has 0 saturated heterocycles. The molecule has 0 aliphatic carbocycles. The first-order valence-electron chi connectivity index (χ1n) is 5.06. The summed E-state index contributed by atoms with van der Waals surface area (Å²) in [7, 11) is 1.63. The molecule has 0 radical (unpaired) electrons. The van der Waals surface area contributed by atoms with Crippen LogP contribution in [0.25, 0.3) is 0 Å². The largest absolute Gasteiger partial charge is 0.496 e. The van der Waals surface area contributed by atoms with E-state index in [9.17, 15) is 4.79 Å². The average molecular weight is 286 g/mol. The number of alkyl halides is 1. The van der Waals surface area contributed by atoms with Crippen molar-refractivity contribution in [2.45, 2.75) is 25.6 Å². The lowest BCUT2D eigenvalue weighted by Gasteiger charge is -2.14. The molecule has 1 amide bonds. The van der Waals surface area contributed by atoms with Crippen LogP contribution in [-0.4, -0.2) is 17.8 Å². The van der Waals surface area contributed by atoms with Gasteiger partial charge >= 0.3 is 0 Å². The van der Waals surface area contributed by atoms with E-state index in [1.165, 1.54) is 0 Å². The van der Waals surface area contributed by atoms with E-state index in [4.69, 9.17) is 4.74 Å². The quantitative estimate of drug-likeness (QED) is 0.867. The first kappa shape index (κ1) is 13.0. The molecule has 1 aromatic carbocycles. The third-order valence-electron chi connectivity index (χ3n) is 2.43. The van der Waals surface area contributed by atoms with Crippen molar-refractivity contribution >= 4 is 27.5 Å². The van der Waals surface area contributed by atoms with Gasteiger partial charge in [-0.3, -0.25) is 4.79 Å². The number of rotatable bonds is 3. The van der Waals surface area contributed by atoms with Gasteiger partial charge in [-0.2, -0.15) is 0 Å². The number of hydrogen-bond acceptors (Lipinski definition) is 2. The molecule has 16 heavy (non-hydrogen) atoms. The number of aryl methyl sites for hydroxylation is 1. The molecule has 3 nitrogen and oxygen atoms in total. The fraction of sp³-hybridized carbons (Fsp3) is 0.417. The Labute approximate surface area is 104 Å². The van der Waals surface area contributed by atoms with Gasteiger partial charge in [0.25, 0.3) is 0 Å². The minimum atomic E-state index is -0.209. The average Bonchev–Trinajstić information content (AvgIpc) is 2.22. The van der Waals surface area contributed by atoms with Crippen LogP contribution < -0.4 is 10.1 Å². The number of benzene rings is 1.